The van der Waals surface area contributed by atoms with Gasteiger partial charge in [0.1, 0.15) is 4.87 Å². The zero-order valence-electron chi connectivity index (χ0n) is 21.0. The van der Waals surface area contributed by atoms with Crippen LogP contribution in [0.3, 0.4) is 0 Å². The van der Waals surface area contributed by atoms with Gasteiger partial charge in [0.2, 0.25) is 0 Å². The summed E-state index contributed by atoms with van der Waals surface area (Å²) < 4.78 is 0. The molecule has 5 aromatic carbocycles. The number of allylic oxidation sites excluding steroid dienone is 4. The molecule has 0 saturated carbocycles. The summed E-state index contributed by atoms with van der Waals surface area (Å²) in [5.41, 5.74) is 11.0. The minimum Gasteiger partial charge on any atom is -0.103 e. The lowest BCUT2D eigenvalue weighted by molar-refractivity contribution is 1.03. The maximum atomic E-state index is 8.21. The molecule has 0 fully saturated rings. The predicted octanol–water partition coefficient (Wildman–Crippen LogP) is 10.00. The van der Waals surface area contributed by atoms with Crippen LogP contribution in [0.2, 0.25) is 0 Å². The topological polar surface area (TPSA) is 0 Å². The molecule has 0 aromatic heterocycles. The first-order valence-corrected chi connectivity index (χ1v) is 13.2. The van der Waals surface area contributed by atoms with Crippen LogP contribution in [0.15, 0.2) is 152 Å². The number of hydrogen-bond acceptors (Lipinski definition) is 0. The van der Waals surface area contributed by atoms with E-state index in [2.05, 4.69) is 146 Å². The van der Waals surface area contributed by atoms with E-state index >= 15 is 0 Å². The van der Waals surface area contributed by atoms with Gasteiger partial charge in [-0.05, 0) is 55.7 Å². The van der Waals surface area contributed by atoms with Crippen LogP contribution in [0, 0.1) is 0 Å². The molecule has 5 aromatic rings. The van der Waals surface area contributed by atoms with E-state index in [0.29, 0.717) is 0 Å². The third-order valence-electron chi connectivity index (χ3n) is 7.24. The molecule has 38 heavy (non-hydrogen) atoms. The van der Waals surface area contributed by atoms with Gasteiger partial charge in [0.25, 0.3) is 0 Å². The summed E-state index contributed by atoms with van der Waals surface area (Å²) in [5.74, 6) is 0. The lowest BCUT2D eigenvalue weighted by Crippen LogP contribution is -2.22. The van der Waals surface area contributed by atoms with Crippen molar-refractivity contribution in [1.29, 1.82) is 0 Å². The Bertz CT molecular complexity index is 1540. The Kier molecular flexibility index (Phi) is 6.42. The molecule has 0 bridgehead atoms. The summed E-state index contributed by atoms with van der Waals surface area (Å²) >= 11 is 8.21. The van der Waals surface area contributed by atoms with E-state index in [1.807, 2.05) is 12.1 Å². The molecule has 182 valence electrons. The minimum absolute atomic E-state index is 0.968. The third kappa shape index (κ3) is 3.95. The SMILES string of the molecule is C=Cc1ccccc1C1(Cl)C(c2ccccc2)=C(c2ccccc2)C(c2ccccc2)=C1c1ccccc1. The summed E-state index contributed by atoms with van der Waals surface area (Å²) in [6.45, 7) is 4.15. The molecule has 0 saturated heterocycles. The molecule has 0 unspecified atom stereocenters. The Hall–Kier alpha value is -4.39. The van der Waals surface area contributed by atoms with E-state index in [0.717, 1.165) is 55.7 Å². The molecule has 0 amide bonds. The average molecular weight is 507 g/mol. The fourth-order valence-corrected chi connectivity index (χ4v) is 6.24. The molecule has 1 aliphatic rings. The van der Waals surface area contributed by atoms with Crippen LogP contribution in [0.4, 0.5) is 0 Å². The first-order valence-electron chi connectivity index (χ1n) is 12.9. The molecular formula is C37H27Cl. The van der Waals surface area contributed by atoms with Gasteiger partial charge in [-0.25, -0.2) is 0 Å². The maximum Gasteiger partial charge on any atom is 0.122 e. The fourth-order valence-electron chi connectivity index (χ4n) is 5.66. The Labute approximate surface area is 229 Å². The second-order valence-corrected chi connectivity index (χ2v) is 9.98. The smallest absolute Gasteiger partial charge is 0.103 e. The van der Waals surface area contributed by atoms with Crippen molar-refractivity contribution in [2.45, 2.75) is 4.87 Å². The number of benzene rings is 5. The van der Waals surface area contributed by atoms with Crippen molar-refractivity contribution in [3.05, 3.63) is 186 Å². The molecular weight excluding hydrogens is 480 g/mol. The predicted molar refractivity (Wildman–Crippen MR) is 163 cm³/mol. The molecule has 6 rings (SSSR count). The van der Waals surface area contributed by atoms with Crippen LogP contribution in [0.25, 0.3) is 28.4 Å². The van der Waals surface area contributed by atoms with Gasteiger partial charge < -0.3 is 0 Å². The summed E-state index contributed by atoms with van der Waals surface area (Å²) in [6, 6.07) is 50.8. The van der Waals surface area contributed by atoms with Gasteiger partial charge >= 0.3 is 0 Å². The van der Waals surface area contributed by atoms with Crippen molar-refractivity contribution in [2.24, 2.45) is 0 Å². The monoisotopic (exact) mass is 506 g/mol. The number of alkyl halides is 1. The fraction of sp³-hybridized carbons (Fsp3) is 0.0270. The van der Waals surface area contributed by atoms with Crippen LogP contribution in [0.1, 0.15) is 33.4 Å². The maximum absolute atomic E-state index is 8.21. The molecule has 0 heterocycles. The number of rotatable bonds is 6. The van der Waals surface area contributed by atoms with Crippen molar-refractivity contribution in [1.82, 2.24) is 0 Å². The summed E-state index contributed by atoms with van der Waals surface area (Å²) in [7, 11) is 0. The standard InChI is InChI=1S/C37H27Cl/c1-2-27-17-15-16-26-32(27)37(38)35(30-22-11-5-12-23-30)33(28-18-7-3-8-19-28)34(29-20-9-4-10-21-29)36(37)31-24-13-6-14-25-31/h2-26H,1H2. The van der Waals surface area contributed by atoms with E-state index in [4.69, 9.17) is 11.6 Å². The highest BCUT2D eigenvalue weighted by Crippen LogP contribution is 2.64. The van der Waals surface area contributed by atoms with Gasteiger partial charge in [0.15, 0.2) is 0 Å². The Balaban J connectivity index is 1.85. The molecule has 1 heteroatoms. The van der Waals surface area contributed by atoms with Gasteiger partial charge in [-0.3, -0.25) is 0 Å². The highest BCUT2D eigenvalue weighted by atomic mass is 35.5. The molecule has 0 N–H and O–H groups in total. The van der Waals surface area contributed by atoms with Crippen molar-refractivity contribution >= 4 is 40.0 Å². The van der Waals surface area contributed by atoms with Crippen molar-refractivity contribution in [2.75, 3.05) is 0 Å². The minimum atomic E-state index is -0.968. The number of halogens is 1. The van der Waals surface area contributed by atoms with E-state index in [9.17, 15) is 0 Å². The van der Waals surface area contributed by atoms with Gasteiger partial charge in [-0.1, -0.05) is 158 Å². The zero-order chi connectivity index (χ0) is 26.0. The first kappa shape index (κ1) is 24.0. The van der Waals surface area contributed by atoms with Crippen LogP contribution in [-0.2, 0) is 4.87 Å². The van der Waals surface area contributed by atoms with Crippen molar-refractivity contribution < 1.29 is 0 Å². The van der Waals surface area contributed by atoms with E-state index in [-0.39, 0.29) is 0 Å². The second-order valence-electron chi connectivity index (χ2n) is 9.41. The largest absolute Gasteiger partial charge is 0.122 e. The zero-order valence-corrected chi connectivity index (χ0v) is 21.8. The Morgan fingerprint density at radius 3 is 1.18 bits per heavy atom. The molecule has 1 aliphatic carbocycles. The van der Waals surface area contributed by atoms with Gasteiger partial charge in [-0.2, -0.15) is 0 Å². The summed E-state index contributed by atoms with van der Waals surface area (Å²) in [6.07, 6.45) is 1.91. The normalized spacial score (nSPS) is 14.6. The van der Waals surface area contributed by atoms with E-state index in [1.165, 1.54) is 0 Å². The Morgan fingerprint density at radius 2 is 0.789 bits per heavy atom. The van der Waals surface area contributed by atoms with E-state index < -0.39 is 4.87 Å². The third-order valence-corrected chi connectivity index (χ3v) is 7.82. The first-order chi connectivity index (χ1) is 18.7. The molecule has 0 radical (unpaired) electrons. The highest BCUT2D eigenvalue weighted by molar-refractivity contribution is 6.47. The molecule has 0 atom stereocenters. The lowest BCUT2D eigenvalue weighted by Gasteiger charge is -2.32. The van der Waals surface area contributed by atoms with Gasteiger partial charge in [0, 0.05) is 0 Å². The van der Waals surface area contributed by atoms with Crippen LogP contribution >= 0.6 is 11.6 Å². The Morgan fingerprint density at radius 1 is 0.447 bits per heavy atom. The van der Waals surface area contributed by atoms with Crippen LogP contribution in [0.5, 0.6) is 0 Å². The van der Waals surface area contributed by atoms with Gasteiger partial charge in [0.05, 0.1) is 0 Å². The number of hydrogen-bond donors (Lipinski definition) is 0. The second kappa shape index (κ2) is 10.2. The van der Waals surface area contributed by atoms with Crippen LogP contribution < -0.4 is 0 Å². The average Bonchev–Trinajstić information content (AvgIpc) is 3.28. The van der Waals surface area contributed by atoms with E-state index in [1.54, 1.807) is 0 Å². The van der Waals surface area contributed by atoms with Crippen LogP contribution in [-0.4, -0.2) is 0 Å². The quantitative estimate of drug-likeness (QED) is 0.201. The molecule has 0 nitrogen and oxygen atoms in total. The highest BCUT2D eigenvalue weighted by Gasteiger charge is 2.49. The summed E-state index contributed by atoms with van der Waals surface area (Å²) in [5, 5.41) is 0. The summed E-state index contributed by atoms with van der Waals surface area (Å²) in [4.78, 5) is -0.968. The van der Waals surface area contributed by atoms with Crippen molar-refractivity contribution in [3.8, 4) is 0 Å². The molecule has 0 spiro atoms. The van der Waals surface area contributed by atoms with Gasteiger partial charge in [-0.15, -0.1) is 11.6 Å². The molecule has 0 aliphatic heterocycles. The van der Waals surface area contributed by atoms with Crippen molar-refractivity contribution in [3.63, 3.8) is 0 Å². The lowest BCUT2D eigenvalue weighted by atomic mass is 9.78.